The van der Waals surface area contributed by atoms with Crippen LogP contribution in [0.3, 0.4) is 0 Å². The molecule has 7 nitrogen and oxygen atoms in total. The molecule has 2 heterocycles. The molecule has 1 aliphatic rings. The first-order chi connectivity index (χ1) is 17.7. The Hall–Kier alpha value is -3.32. The molecule has 3 aromatic rings. The van der Waals surface area contributed by atoms with Crippen LogP contribution < -0.4 is 15.6 Å². The van der Waals surface area contributed by atoms with Crippen LogP contribution in [0.4, 0.5) is 32.2 Å². The van der Waals surface area contributed by atoms with E-state index in [4.69, 9.17) is 11.6 Å². The van der Waals surface area contributed by atoms with Gasteiger partial charge in [-0.15, -0.1) is 0 Å². The first-order valence-electron chi connectivity index (χ1n) is 11.4. The second kappa shape index (κ2) is 10.1. The molecule has 1 aliphatic carbocycles. The highest BCUT2D eigenvalue weighted by atomic mass is 35.5. The Bertz CT molecular complexity index is 1450. The summed E-state index contributed by atoms with van der Waals surface area (Å²) in [6.45, 7) is 1.34. The van der Waals surface area contributed by atoms with E-state index in [1.807, 2.05) is 5.32 Å². The molecule has 2 N–H and O–H groups in total. The van der Waals surface area contributed by atoms with E-state index in [2.05, 4.69) is 4.98 Å². The summed E-state index contributed by atoms with van der Waals surface area (Å²) in [7, 11) is 1.38. The van der Waals surface area contributed by atoms with E-state index in [-0.39, 0.29) is 25.2 Å². The number of benzene rings is 1. The zero-order valence-corrected chi connectivity index (χ0v) is 20.7. The summed E-state index contributed by atoms with van der Waals surface area (Å²) in [5, 5.41) is 10.4. The van der Waals surface area contributed by atoms with Gasteiger partial charge in [-0.05, 0) is 37.8 Å². The largest absolute Gasteiger partial charge is 0.408 e. The number of carbonyl (C=O) groups excluding carboxylic acids is 1. The van der Waals surface area contributed by atoms with Gasteiger partial charge in [-0.2, -0.15) is 13.2 Å². The highest BCUT2D eigenvalue weighted by molar-refractivity contribution is 6.32. The first kappa shape index (κ1) is 27.7. The van der Waals surface area contributed by atoms with E-state index in [0.29, 0.717) is 12.1 Å². The molecule has 4 rings (SSSR count). The Morgan fingerprint density at radius 3 is 2.45 bits per heavy atom. The van der Waals surface area contributed by atoms with Gasteiger partial charge in [0.1, 0.15) is 23.1 Å². The Balaban J connectivity index is 1.97. The second-order valence-electron chi connectivity index (χ2n) is 9.18. The summed E-state index contributed by atoms with van der Waals surface area (Å²) in [5.74, 6) is -6.01. The van der Waals surface area contributed by atoms with Gasteiger partial charge in [0.05, 0.1) is 16.5 Å². The molecular weight excluding hydrogens is 542 g/mol. The number of aromatic nitrogens is 2. The third kappa shape index (κ3) is 5.44. The number of anilines is 1. The van der Waals surface area contributed by atoms with Gasteiger partial charge in [0.15, 0.2) is 23.1 Å². The normalized spacial score (nSPS) is 15.4. The Labute approximate surface area is 216 Å². The Kier molecular flexibility index (Phi) is 7.36. The third-order valence-electron chi connectivity index (χ3n) is 6.01. The average molecular weight is 563 g/mol. The van der Waals surface area contributed by atoms with Crippen molar-refractivity contribution in [2.24, 2.45) is 5.92 Å². The fourth-order valence-corrected chi connectivity index (χ4v) is 4.46. The number of nitrogens with zero attached hydrogens (tertiary/aromatic N) is 3. The molecule has 0 radical (unpaired) electrons. The number of carbonyl (C=O) groups is 1. The minimum Gasteiger partial charge on any atom is -0.392 e. The maximum Gasteiger partial charge on any atom is 0.408 e. The SMILES string of the molecule is CC(O)CN(C)c1nc2c(cc1F)c(=O)c(C(=O)NC(C1CC1)C(F)(F)F)cn2-c1c(F)cc(F)cc1Cl. The zero-order chi connectivity index (χ0) is 28.1. The number of likely N-dealkylation sites (N-methyl/N-ethyl adjacent to an activating group) is 1. The van der Waals surface area contributed by atoms with Gasteiger partial charge in [-0.1, -0.05) is 11.6 Å². The number of rotatable bonds is 7. The van der Waals surface area contributed by atoms with E-state index in [9.17, 15) is 36.6 Å². The summed E-state index contributed by atoms with van der Waals surface area (Å²) in [5.41, 5.74) is -3.02. The third-order valence-corrected chi connectivity index (χ3v) is 6.30. The molecule has 0 spiro atoms. The number of pyridine rings is 2. The van der Waals surface area contributed by atoms with E-state index in [0.717, 1.165) is 16.8 Å². The number of hydrogen-bond acceptors (Lipinski definition) is 5. The molecule has 2 unspecified atom stereocenters. The first-order valence-corrected chi connectivity index (χ1v) is 11.7. The van der Waals surface area contributed by atoms with Crippen LogP contribution in [0.15, 0.2) is 29.2 Å². The number of alkyl halides is 3. The van der Waals surface area contributed by atoms with E-state index < -0.39 is 80.3 Å². The summed E-state index contributed by atoms with van der Waals surface area (Å²) in [4.78, 5) is 31.4. The molecule has 1 amide bonds. The number of fused-ring (bicyclic) bond motifs is 1. The van der Waals surface area contributed by atoms with Gasteiger partial charge in [0, 0.05) is 25.9 Å². The molecule has 0 aliphatic heterocycles. The molecule has 38 heavy (non-hydrogen) atoms. The minimum absolute atomic E-state index is 0.0915. The monoisotopic (exact) mass is 562 g/mol. The standard InChI is InChI=1S/C24H21ClF6N4O3/c1-10(36)8-34(2)22-17(28)7-13-19(37)14(23(38)32-20(11-3-4-11)24(29,30)31)9-35(21(13)33-22)18-15(25)5-12(26)6-16(18)27/h5-7,9-11,20,36H,3-4,8H2,1-2H3,(H,32,38). The van der Waals surface area contributed by atoms with Crippen LogP contribution in [-0.2, 0) is 0 Å². The van der Waals surface area contributed by atoms with E-state index >= 15 is 4.39 Å². The van der Waals surface area contributed by atoms with Crippen LogP contribution in [0.25, 0.3) is 16.7 Å². The van der Waals surface area contributed by atoms with Crippen LogP contribution in [0.5, 0.6) is 0 Å². The van der Waals surface area contributed by atoms with Crippen LogP contribution in [0.1, 0.15) is 30.1 Å². The van der Waals surface area contributed by atoms with Crippen LogP contribution in [-0.4, -0.2) is 52.5 Å². The maximum atomic E-state index is 15.0. The van der Waals surface area contributed by atoms with Gasteiger partial charge >= 0.3 is 6.18 Å². The Morgan fingerprint density at radius 2 is 1.89 bits per heavy atom. The molecule has 204 valence electrons. The zero-order valence-electron chi connectivity index (χ0n) is 19.9. The number of hydrogen-bond donors (Lipinski definition) is 2. The molecule has 0 saturated heterocycles. The number of nitrogens with one attached hydrogen (secondary N) is 1. The van der Waals surface area contributed by atoms with Crippen LogP contribution in [0.2, 0.25) is 5.02 Å². The molecule has 1 fully saturated rings. The number of halogens is 7. The van der Waals surface area contributed by atoms with Crippen molar-refractivity contribution < 1.29 is 36.2 Å². The molecule has 1 saturated carbocycles. The molecule has 0 bridgehead atoms. The molecule has 2 aromatic heterocycles. The summed E-state index contributed by atoms with van der Waals surface area (Å²) >= 11 is 6.06. The lowest BCUT2D eigenvalue weighted by Gasteiger charge is -2.23. The lowest BCUT2D eigenvalue weighted by Crippen LogP contribution is -2.48. The average Bonchev–Trinajstić information content (AvgIpc) is 3.61. The fraction of sp³-hybridized carbons (Fsp3) is 0.375. The minimum atomic E-state index is -4.80. The van der Waals surface area contributed by atoms with Gasteiger partial charge in [-0.3, -0.25) is 14.2 Å². The van der Waals surface area contributed by atoms with E-state index in [1.165, 1.54) is 18.9 Å². The number of aliphatic hydroxyl groups excluding tert-OH is 1. The smallest absolute Gasteiger partial charge is 0.392 e. The van der Waals surface area contributed by atoms with Crippen molar-refractivity contribution in [2.75, 3.05) is 18.5 Å². The van der Waals surface area contributed by atoms with Crippen molar-refractivity contribution in [3.63, 3.8) is 0 Å². The molecular formula is C24H21ClF6N4O3. The van der Waals surface area contributed by atoms with Crippen molar-refractivity contribution >= 4 is 34.4 Å². The maximum absolute atomic E-state index is 15.0. The summed E-state index contributed by atoms with van der Waals surface area (Å²) in [6, 6.07) is -0.332. The van der Waals surface area contributed by atoms with Crippen molar-refractivity contribution in [1.82, 2.24) is 14.9 Å². The topological polar surface area (TPSA) is 87.5 Å². The van der Waals surface area contributed by atoms with Crippen molar-refractivity contribution in [3.05, 3.63) is 62.7 Å². The second-order valence-corrected chi connectivity index (χ2v) is 9.59. The highest BCUT2D eigenvalue weighted by Gasteiger charge is 2.50. The fourth-order valence-electron chi connectivity index (χ4n) is 4.18. The number of amides is 1. The summed E-state index contributed by atoms with van der Waals surface area (Å²) in [6.07, 6.45) is -4.54. The predicted octanol–water partition coefficient (Wildman–Crippen LogP) is 4.34. The predicted molar refractivity (Wildman–Crippen MR) is 127 cm³/mol. The quantitative estimate of drug-likeness (QED) is 0.418. The van der Waals surface area contributed by atoms with E-state index in [1.54, 1.807) is 0 Å². The van der Waals surface area contributed by atoms with Gasteiger partial charge < -0.3 is 15.3 Å². The van der Waals surface area contributed by atoms with Gasteiger partial charge in [-0.25, -0.2) is 18.2 Å². The van der Waals surface area contributed by atoms with Gasteiger partial charge in [0.2, 0.25) is 5.43 Å². The Morgan fingerprint density at radius 1 is 1.24 bits per heavy atom. The molecule has 14 heteroatoms. The number of aliphatic hydroxyl groups is 1. The van der Waals surface area contributed by atoms with Crippen LogP contribution in [0, 0.1) is 23.4 Å². The lowest BCUT2D eigenvalue weighted by molar-refractivity contribution is -0.158. The van der Waals surface area contributed by atoms with Crippen LogP contribution >= 0.6 is 11.6 Å². The molecule has 2 atom stereocenters. The van der Waals surface area contributed by atoms with Crippen molar-refractivity contribution in [3.8, 4) is 5.69 Å². The summed E-state index contributed by atoms with van der Waals surface area (Å²) < 4.78 is 85.0. The van der Waals surface area contributed by atoms with Crippen molar-refractivity contribution in [1.29, 1.82) is 0 Å². The highest BCUT2D eigenvalue weighted by Crippen LogP contribution is 2.40. The van der Waals surface area contributed by atoms with Gasteiger partial charge in [0.25, 0.3) is 5.91 Å². The molecule has 1 aromatic carbocycles. The van der Waals surface area contributed by atoms with Crippen molar-refractivity contribution in [2.45, 2.75) is 38.1 Å². The lowest BCUT2D eigenvalue weighted by atomic mass is 10.1.